The van der Waals surface area contributed by atoms with Crippen LogP contribution in [0.2, 0.25) is 0 Å². The molecule has 1 aromatic heterocycles. The van der Waals surface area contributed by atoms with Crippen LogP contribution >= 0.6 is 15.9 Å². The topological polar surface area (TPSA) is 336 Å². The number of aromatic amines is 1. The van der Waals surface area contributed by atoms with Gasteiger partial charge in [0.2, 0.25) is 41.4 Å². The summed E-state index contributed by atoms with van der Waals surface area (Å²) in [6, 6.07) is 0.927. The number of likely N-dealkylation sites (tertiary alicyclic amines) is 1. The predicted molar refractivity (Wildman–Crippen MR) is 247 cm³/mol. The van der Waals surface area contributed by atoms with Gasteiger partial charge in [-0.25, -0.2) is 9.78 Å². The van der Waals surface area contributed by atoms with Gasteiger partial charge >= 0.3 is 5.97 Å². The Kier molecular flexibility index (Phi) is 22.5. The van der Waals surface area contributed by atoms with Gasteiger partial charge in [-0.05, 0) is 76.6 Å². The first-order valence-electron chi connectivity index (χ1n) is 22.3. The smallest absolute Gasteiger partial charge is 0.326 e. The molecule has 370 valence electrons. The molecule has 1 fully saturated rings. The highest BCUT2D eigenvalue weighted by atomic mass is 79.9. The third kappa shape index (κ3) is 17.4. The summed E-state index contributed by atoms with van der Waals surface area (Å²) < 4.78 is 0.806. The molecule has 22 nitrogen and oxygen atoms in total. The monoisotopic (exact) mass is 1000 g/mol. The minimum atomic E-state index is -1.56. The van der Waals surface area contributed by atoms with Gasteiger partial charge in [-0.1, -0.05) is 47.8 Å². The average molecular weight is 1000 g/mol. The Morgan fingerprint density at radius 1 is 0.896 bits per heavy atom. The number of rotatable bonds is 29. The number of carboxylic acid groups (broad SMARTS) is 1. The van der Waals surface area contributed by atoms with E-state index in [2.05, 4.69) is 63.1 Å². The number of nitrogens with zero attached hydrogens (tertiary/aromatic N) is 2. The van der Waals surface area contributed by atoms with Crippen LogP contribution in [-0.2, 0) is 56.0 Å². The molecule has 1 aliphatic heterocycles. The molecule has 12 N–H and O–H groups in total. The van der Waals surface area contributed by atoms with Crippen LogP contribution < -0.4 is 43.0 Å². The second-order valence-electron chi connectivity index (χ2n) is 17.1. The molecule has 1 saturated heterocycles. The number of aldehydes is 1. The molecule has 3 rings (SSSR count). The number of unbranched alkanes of at least 4 members (excludes halogenated alkanes) is 2. The lowest BCUT2D eigenvalue weighted by Gasteiger charge is -2.36. The van der Waals surface area contributed by atoms with Crippen molar-refractivity contribution in [2.45, 2.75) is 133 Å². The lowest BCUT2D eigenvalue weighted by molar-refractivity contribution is -0.143. The molecule has 0 saturated carbocycles. The van der Waals surface area contributed by atoms with Crippen molar-refractivity contribution in [3.05, 3.63) is 52.5 Å². The Bertz CT molecular complexity index is 2000. The Morgan fingerprint density at radius 2 is 1.57 bits per heavy atom. The standard InChI is InChI=1S/C44H66BrN11O11/c1-5-6-10-31(40(64)55-43(3,4)42(67)54-34(41(65)66)19-28-12-14-29(45)15-13-28)49-24-44(25-58)16-9-18-56(44)36(60)22-48-37(61)32(11-7-8-17-46)52-38(62)33(20-30-21-47-26-50-30)53-39(63)35(23-57)51-27(2)59/h12-15,21,25-26,31-35,49,57H,5-11,16-20,22-24,46H2,1-4H3,(H,47,50)(H,48,61)(H,51,59)(H,52,62)(H,53,63)(H,54,67)(H,55,64)(H,65,66)/t31-,32-,33-,34-,35-,44?/m0/s1. The molecule has 2 heterocycles. The van der Waals surface area contributed by atoms with Crippen LogP contribution in [0.3, 0.4) is 0 Å². The summed E-state index contributed by atoms with van der Waals surface area (Å²) >= 11 is 3.34. The van der Waals surface area contributed by atoms with Gasteiger partial charge in [0.1, 0.15) is 41.5 Å². The van der Waals surface area contributed by atoms with E-state index in [-0.39, 0.29) is 38.8 Å². The summed E-state index contributed by atoms with van der Waals surface area (Å²) in [5.74, 6) is -6.10. The minimum Gasteiger partial charge on any atom is -0.480 e. The quantitative estimate of drug-likeness (QED) is 0.0339. The van der Waals surface area contributed by atoms with E-state index in [9.17, 15) is 53.4 Å². The third-order valence-corrected chi connectivity index (χ3v) is 11.8. The highest BCUT2D eigenvalue weighted by Gasteiger charge is 2.45. The summed E-state index contributed by atoms with van der Waals surface area (Å²) in [5, 5.41) is 38.0. The normalized spacial score (nSPS) is 16.9. The van der Waals surface area contributed by atoms with Crippen molar-refractivity contribution in [1.82, 2.24) is 52.1 Å². The first kappa shape index (κ1) is 55.5. The van der Waals surface area contributed by atoms with Gasteiger partial charge in [0, 0.05) is 49.2 Å². The van der Waals surface area contributed by atoms with Crippen molar-refractivity contribution in [3.63, 3.8) is 0 Å². The molecule has 67 heavy (non-hydrogen) atoms. The van der Waals surface area contributed by atoms with E-state index >= 15 is 0 Å². The summed E-state index contributed by atoms with van der Waals surface area (Å²) in [4.78, 5) is 126. The predicted octanol–water partition coefficient (Wildman–Crippen LogP) is -1.16. The van der Waals surface area contributed by atoms with Crippen molar-refractivity contribution in [2.24, 2.45) is 5.73 Å². The van der Waals surface area contributed by atoms with Gasteiger partial charge in [0.15, 0.2) is 0 Å². The Morgan fingerprint density at radius 3 is 2.16 bits per heavy atom. The van der Waals surface area contributed by atoms with E-state index in [1.165, 1.54) is 31.3 Å². The van der Waals surface area contributed by atoms with Crippen molar-refractivity contribution in [1.29, 1.82) is 0 Å². The summed E-state index contributed by atoms with van der Waals surface area (Å²) in [6.45, 7) is 5.01. The minimum absolute atomic E-state index is 0.00235. The lowest BCUT2D eigenvalue weighted by Crippen LogP contribution is -2.63. The summed E-state index contributed by atoms with van der Waals surface area (Å²) in [6.07, 6.45) is 6.65. The van der Waals surface area contributed by atoms with Crippen molar-refractivity contribution >= 4 is 69.5 Å². The Labute approximate surface area is 398 Å². The highest BCUT2D eigenvalue weighted by Crippen LogP contribution is 2.28. The number of carbonyl (C=O) groups is 9. The number of carboxylic acids is 1. The largest absolute Gasteiger partial charge is 0.480 e. The van der Waals surface area contributed by atoms with Gasteiger partial charge < -0.3 is 67.8 Å². The molecule has 1 unspecified atom stereocenters. The molecule has 1 aromatic carbocycles. The maximum atomic E-state index is 13.8. The molecule has 1 aliphatic rings. The number of hydrogen-bond acceptors (Lipinski definition) is 13. The molecular weight excluding hydrogens is 938 g/mol. The van der Waals surface area contributed by atoms with Crippen LogP contribution in [-0.4, -0.2) is 153 Å². The van der Waals surface area contributed by atoms with E-state index in [4.69, 9.17) is 5.73 Å². The second-order valence-corrected chi connectivity index (χ2v) is 18.0. The summed E-state index contributed by atoms with van der Waals surface area (Å²) in [5.41, 5.74) is 3.86. The van der Waals surface area contributed by atoms with Crippen molar-refractivity contribution < 1.29 is 53.4 Å². The number of benzene rings is 1. The van der Waals surface area contributed by atoms with Crippen LogP contribution in [0.25, 0.3) is 0 Å². The van der Waals surface area contributed by atoms with E-state index < -0.39 is 102 Å². The highest BCUT2D eigenvalue weighted by molar-refractivity contribution is 9.10. The fourth-order valence-corrected chi connectivity index (χ4v) is 7.72. The first-order chi connectivity index (χ1) is 31.8. The molecular formula is C44H66BrN11O11. The number of aliphatic carboxylic acids is 1. The number of aromatic nitrogens is 2. The van der Waals surface area contributed by atoms with Crippen LogP contribution in [0.5, 0.6) is 0 Å². The van der Waals surface area contributed by atoms with Crippen LogP contribution in [0.4, 0.5) is 0 Å². The number of amides is 7. The van der Waals surface area contributed by atoms with E-state index in [1.807, 2.05) is 6.92 Å². The number of halogens is 1. The van der Waals surface area contributed by atoms with E-state index in [0.717, 1.165) is 11.4 Å². The maximum Gasteiger partial charge on any atom is 0.326 e. The third-order valence-electron chi connectivity index (χ3n) is 11.3. The fourth-order valence-electron chi connectivity index (χ4n) is 7.46. The number of nitrogens with one attached hydrogen (secondary N) is 8. The van der Waals surface area contributed by atoms with Crippen molar-refractivity contribution in [3.8, 4) is 0 Å². The lowest BCUT2D eigenvalue weighted by atomic mass is 9.96. The van der Waals surface area contributed by atoms with E-state index in [0.29, 0.717) is 62.6 Å². The number of H-pyrrole nitrogens is 1. The molecule has 0 radical (unpaired) electrons. The zero-order chi connectivity index (χ0) is 49.7. The molecule has 0 bridgehead atoms. The van der Waals surface area contributed by atoms with Gasteiger partial charge in [0.05, 0.1) is 25.5 Å². The number of carbonyl (C=O) groups excluding carboxylic acids is 8. The maximum absolute atomic E-state index is 13.8. The zero-order valence-corrected chi connectivity index (χ0v) is 40.0. The number of imidazole rings is 1. The SMILES string of the molecule is CCCC[C@H](NCC1(C=O)CCCN1C(=O)CNC(=O)[C@H](CCCCN)NC(=O)[C@H](Cc1cnc[nH]1)NC(=O)[C@H](CO)NC(C)=O)C(=O)NC(C)(C)C(=O)N[C@@H](Cc1ccc(Br)cc1)C(=O)O. The Balaban J connectivity index is 1.71. The van der Waals surface area contributed by atoms with Gasteiger partial charge in [0.25, 0.3) is 0 Å². The number of aliphatic hydroxyl groups excluding tert-OH is 1. The second kappa shape index (κ2) is 27.1. The van der Waals surface area contributed by atoms with Crippen LogP contribution in [0, 0.1) is 0 Å². The molecule has 7 amide bonds. The molecule has 23 heteroatoms. The van der Waals surface area contributed by atoms with Gasteiger partial charge in [-0.15, -0.1) is 0 Å². The van der Waals surface area contributed by atoms with Gasteiger partial charge in [-0.2, -0.15) is 0 Å². The molecule has 0 aliphatic carbocycles. The van der Waals surface area contributed by atoms with Crippen molar-refractivity contribution in [2.75, 3.05) is 32.8 Å². The first-order valence-corrected chi connectivity index (χ1v) is 23.1. The summed E-state index contributed by atoms with van der Waals surface area (Å²) in [7, 11) is 0. The number of nitrogens with two attached hydrogens (primary N) is 1. The number of hydrogen-bond donors (Lipinski definition) is 11. The molecule has 6 atom stereocenters. The molecule has 0 spiro atoms. The fraction of sp³-hybridized carbons (Fsp3) is 0.591. The van der Waals surface area contributed by atoms with Crippen LogP contribution in [0.15, 0.2) is 41.3 Å². The van der Waals surface area contributed by atoms with Crippen LogP contribution in [0.1, 0.15) is 90.3 Å². The van der Waals surface area contributed by atoms with Gasteiger partial charge in [-0.3, -0.25) is 33.6 Å². The zero-order valence-electron chi connectivity index (χ0n) is 38.5. The molecule has 2 aromatic rings. The van der Waals surface area contributed by atoms with E-state index in [1.54, 1.807) is 24.3 Å². The Hall–Kier alpha value is -5.78. The average Bonchev–Trinajstić information content (AvgIpc) is 3.97. The number of aliphatic hydroxyl groups is 1.